The van der Waals surface area contributed by atoms with Crippen LogP contribution >= 0.6 is 23.2 Å². The van der Waals surface area contributed by atoms with Gasteiger partial charge in [0.15, 0.2) is 0 Å². The third-order valence-electron chi connectivity index (χ3n) is 5.37. The number of pyridine rings is 1. The zero-order valence-corrected chi connectivity index (χ0v) is 20.1. The summed E-state index contributed by atoms with van der Waals surface area (Å²) < 4.78 is 5.34. The van der Waals surface area contributed by atoms with Crippen molar-refractivity contribution in [2.24, 2.45) is 5.73 Å². The summed E-state index contributed by atoms with van der Waals surface area (Å²) in [7, 11) is 0. The molecule has 0 saturated heterocycles. The van der Waals surface area contributed by atoms with Crippen molar-refractivity contribution in [3.63, 3.8) is 0 Å². The van der Waals surface area contributed by atoms with Crippen molar-refractivity contribution in [3.05, 3.63) is 39.2 Å². The molecule has 2 unspecified atom stereocenters. The number of aryl methyl sites for hydroxylation is 1. The SMILES string of the molecule is Cc1nc2c(c(C3CCC(Cl)C=C3Cl)c1CNC(=O)OC(C)(C)C)C(=O)N(CC(N)=O)C2. The summed E-state index contributed by atoms with van der Waals surface area (Å²) >= 11 is 12.9. The number of hydrogen-bond acceptors (Lipinski definition) is 5. The quantitative estimate of drug-likeness (QED) is 0.623. The lowest BCUT2D eigenvalue weighted by molar-refractivity contribution is -0.118. The highest BCUT2D eigenvalue weighted by atomic mass is 35.5. The van der Waals surface area contributed by atoms with Gasteiger partial charge in [0.25, 0.3) is 5.91 Å². The van der Waals surface area contributed by atoms with Crippen LogP contribution in [0.4, 0.5) is 4.79 Å². The van der Waals surface area contributed by atoms with Crippen LogP contribution in [0.5, 0.6) is 0 Å². The summed E-state index contributed by atoms with van der Waals surface area (Å²) in [4.78, 5) is 42.9. The minimum atomic E-state index is -0.645. The number of allylic oxidation sites excluding steroid dienone is 2. The third-order valence-corrected chi connectivity index (χ3v) is 6.11. The van der Waals surface area contributed by atoms with Crippen LogP contribution in [0.2, 0.25) is 0 Å². The number of fused-ring (bicyclic) bond motifs is 1. The number of rotatable bonds is 5. The molecule has 2 atom stereocenters. The van der Waals surface area contributed by atoms with Crippen LogP contribution in [0.15, 0.2) is 11.1 Å². The normalized spacial score (nSPS) is 20.6. The van der Waals surface area contributed by atoms with Gasteiger partial charge < -0.3 is 20.7 Å². The van der Waals surface area contributed by atoms with Crippen molar-refractivity contribution in [1.29, 1.82) is 0 Å². The molecule has 0 spiro atoms. The van der Waals surface area contributed by atoms with E-state index in [0.717, 1.165) is 0 Å². The van der Waals surface area contributed by atoms with E-state index in [1.165, 1.54) is 4.90 Å². The average Bonchev–Trinajstić information content (AvgIpc) is 2.93. The van der Waals surface area contributed by atoms with E-state index in [4.69, 9.17) is 33.7 Å². The van der Waals surface area contributed by atoms with Crippen molar-refractivity contribution in [1.82, 2.24) is 15.2 Å². The Hall–Kier alpha value is -2.32. The molecule has 2 heterocycles. The number of nitrogens with one attached hydrogen (secondary N) is 1. The fourth-order valence-corrected chi connectivity index (χ4v) is 4.80. The second-order valence-corrected chi connectivity index (χ2v) is 10.1. The van der Waals surface area contributed by atoms with Gasteiger partial charge in [-0.2, -0.15) is 0 Å². The highest BCUT2D eigenvalue weighted by Gasteiger charge is 2.38. The third kappa shape index (κ3) is 5.35. The maximum absolute atomic E-state index is 13.2. The second kappa shape index (κ2) is 9.27. The first-order chi connectivity index (χ1) is 14.9. The Morgan fingerprint density at radius 2 is 2.03 bits per heavy atom. The van der Waals surface area contributed by atoms with Crippen LogP contribution in [0.1, 0.15) is 72.4 Å². The zero-order chi connectivity index (χ0) is 23.8. The number of amides is 3. The first-order valence-corrected chi connectivity index (χ1v) is 11.3. The van der Waals surface area contributed by atoms with Gasteiger partial charge in [-0.25, -0.2) is 4.79 Å². The van der Waals surface area contributed by atoms with Gasteiger partial charge in [-0.15, -0.1) is 11.6 Å². The summed E-state index contributed by atoms with van der Waals surface area (Å²) in [5.74, 6) is -1.19. The predicted molar refractivity (Wildman–Crippen MR) is 122 cm³/mol. The van der Waals surface area contributed by atoms with Crippen molar-refractivity contribution in [2.45, 2.75) is 70.5 Å². The van der Waals surface area contributed by atoms with Gasteiger partial charge in [0, 0.05) is 23.2 Å². The molecular weight excluding hydrogens is 455 g/mol. The lowest BCUT2D eigenvalue weighted by atomic mass is 9.82. The minimum absolute atomic E-state index is 0.116. The van der Waals surface area contributed by atoms with Crippen LogP contribution < -0.4 is 11.1 Å². The van der Waals surface area contributed by atoms with Crippen LogP contribution in [0, 0.1) is 6.92 Å². The average molecular weight is 483 g/mol. The standard InChI is InChI=1S/C22H28Cl2N4O4/c1-11-14(8-26-21(31)32-22(2,3)4)18(13-6-5-12(23)7-15(13)24)19-16(27-11)9-28(20(19)30)10-17(25)29/h7,12-13H,5-6,8-10H2,1-4H3,(H2,25,29)(H,26,31). The summed E-state index contributed by atoms with van der Waals surface area (Å²) in [5, 5.41) is 3.12. The lowest BCUT2D eigenvalue weighted by Crippen LogP contribution is -2.34. The molecule has 8 nitrogen and oxygen atoms in total. The Kier molecular flexibility index (Phi) is 7.05. The molecule has 3 amide bonds. The molecule has 1 aromatic rings. The fraction of sp³-hybridized carbons (Fsp3) is 0.545. The molecular formula is C22H28Cl2N4O4. The topological polar surface area (TPSA) is 115 Å². The van der Waals surface area contributed by atoms with Gasteiger partial charge in [-0.05, 0) is 51.7 Å². The maximum Gasteiger partial charge on any atom is 0.407 e. The number of primary amides is 1. The van der Waals surface area contributed by atoms with E-state index in [2.05, 4.69) is 10.3 Å². The molecule has 0 radical (unpaired) electrons. The van der Waals surface area contributed by atoms with E-state index in [9.17, 15) is 14.4 Å². The molecule has 1 aliphatic heterocycles. The van der Waals surface area contributed by atoms with Crippen molar-refractivity contribution in [2.75, 3.05) is 6.54 Å². The van der Waals surface area contributed by atoms with Crippen molar-refractivity contribution < 1.29 is 19.1 Å². The molecule has 0 saturated carbocycles. The highest BCUT2D eigenvalue weighted by Crippen LogP contribution is 2.43. The fourth-order valence-electron chi connectivity index (χ4n) is 4.11. The van der Waals surface area contributed by atoms with E-state index in [-0.39, 0.29) is 36.8 Å². The molecule has 3 N–H and O–H groups in total. The Morgan fingerprint density at radius 1 is 1.34 bits per heavy atom. The van der Waals surface area contributed by atoms with Gasteiger partial charge >= 0.3 is 6.09 Å². The number of alkyl carbamates (subject to hydrolysis) is 1. The summed E-state index contributed by atoms with van der Waals surface area (Å²) in [5.41, 5.74) is 7.75. The predicted octanol–water partition coefficient (Wildman–Crippen LogP) is 3.46. The van der Waals surface area contributed by atoms with Crippen LogP contribution in [0.25, 0.3) is 0 Å². The molecule has 2 aliphatic rings. The van der Waals surface area contributed by atoms with Gasteiger partial charge in [0.05, 0.1) is 23.2 Å². The van der Waals surface area contributed by atoms with Crippen LogP contribution in [0.3, 0.4) is 0 Å². The lowest BCUT2D eigenvalue weighted by Gasteiger charge is -2.28. The number of aromatic nitrogens is 1. The molecule has 1 aromatic heterocycles. The largest absolute Gasteiger partial charge is 0.444 e. The first-order valence-electron chi connectivity index (χ1n) is 10.4. The Labute approximate surface area is 197 Å². The number of carbonyl (C=O) groups is 3. The Balaban J connectivity index is 2.05. The maximum atomic E-state index is 13.2. The minimum Gasteiger partial charge on any atom is -0.444 e. The van der Waals surface area contributed by atoms with Gasteiger partial charge in [-0.1, -0.05) is 17.7 Å². The number of nitrogens with zero attached hydrogens (tertiary/aromatic N) is 2. The number of nitrogens with two attached hydrogens (primary N) is 1. The summed E-state index contributed by atoms with van der Waals surface area (Å²) in [6.45, 7) is 7.27. The number of alkyl halides is 1. The molecule has 174 valence electrons. The first kappa shape index (κ1) is 24.3. The number of carbonyl (C=O) groups excluding carboxylic acids is 3. The molecule has 3 rings (SSSR count). The number of halogens is 2. The van der Waals surface area contributed by atoms with Gasteiger partial charge in [-0.3, -0.25) is 14.6 Å². The Bertz CT molecular complexity index is 987. The summed E-state index contributed by atoms with van der Waals surface area (Å²) in [6, 6.07) is 0. The molecule has 1 aliphatic carbocycles. The smallest absolute Gasteiger partial charge is 0.407 e. The molecule has 10 heteroatoms. The Morgan fingerprint density at radius 3 is 2.62 bits per heavy atom. The number of ether oxygens (including phenoxy) is 1. The van der Waals surface area contributed by atoms with E-state index < -0.39 is 17.6 Å². The van der Waals surface area contributed by atoms with Gasteiger partial charge in [0.1, 0.15) is 12.1 Å². The van der Waals surface area contributed by atoms with E-state index in [1.54, 1.807) is 26.8 Å². The molecule has 0 bridgehead atoms. The summed E-state index contributed by atoms with van der Waals surface area (Å²) in [6.07, 6.45) is 2.54. The highest BCUT2D eigenvalue weighted by molar-refractivity contribution is 6.32. The second-order valence-electron chi connectivity index (χ2n) is 9.09. The molecule has 0 fully saturated rings. The van der Waals surface area contributed by atoms with Crippen molar-refractivity contribution in [3.8, 4) is 0 Å². The molecule has 0 aromatic carbocycles. The van der Waals surface area contributed by atoms with Gasteiger partial charge in [0.2, 0.25) is 5.91 Å². The van der Waals surface area contributed by atoms with E-state index >= 15 is 0 Å². The zero-order valence-electron chi connectivity index (χ0n) is 18.6. The van der Waals surface area contributed by atoms with Crippen LogP contribution in [-0.2, 0) is 22.6 Å². The number of hydrogen-bond donors (Lipinski definition) is 2. The van der Waals surface area contributed by atoms with E-state index in [0.29, 0.717) is 46.0 Å². The van der Waals surface area contributed by atoms with E-state index in [1.807, 2.05) is 6.92 Å². The molecule has 32 heavy (non-hydrogen) atoms. The van der Waals surface area contributed by atoms with Crippen molar-refractivity contribution >= 4 is 41.1 Å². The van der Waals surface area contributed by atoms with Crippen LogP contribution in [-0.4, -0.2) is 45.3 Å². The monoisotopic (exact) mass is 482 g/mol.